The monoisotopic (exact) mass is 458 g/mol. The molecule has 8 heteroatoms. The normalized spacial score (nSPS) is 12.6. The largest absolute Gasteiger partial charge is 0.491 e. The first kappa shape index (κ1) is 27.6. The van der Waals surface area contributed by atoms with Gasteiger partial charge in [0.2, 0.25) is 0 Å². The predicted molar refractivity (Wildman–Crippen MR) is 122 cm³/mol. The Morgan fingerprint density at radius 2 is 1.71 bits per heavy atom. The van der Waals surface area contributed by atoms with Gasteiger partial charge in [-0.15, -0.1) is 6.58 Å². The molecule has 1 aromatic carbocycles. The number of hydrogen-bond acceptors (Lipinski definition) is 7. The highest BCUT2D eigenvalue weighted by molar-refractivity contribution is 7.86. The Morgan fingerprint density at radius 1 is 1.00 bits per heavy atom. The van der Waals surface area contributed by atoms with Crippen molar-refractivity contribution in [2.24, 2.45) is 0 Å². The number of aryl methyl sites for hydroxylation is 1. The van der Waals surface area contributed by atoms with Gasteiger partial charge in [0.15, 0.2) is 5.94 Å². The van der Waals surface area contributed by atoms with E-state index in [9.17, 15) is 8.42 Å². The maximum absolute atomic E-state index is 11.3. The van der Waals surface area contributed by atoms with E-state index in [2.05, 4.69) is 29.8 Å². The fourth-order valence-electron chi connectivity index (χ4n) is 2.81. The van der Waals surface area contributed by atoms with Crippen molar-refractivity contribution in [3.05, 3.63) is 42.5 Å². The zero-order valence-corrected chi connectivity index (χ0v) is 19.7. The van der Waals surface area contributed by atoms with Crippen LogP contribution < -0.4 is 4.74 Å². The highest BCUT2D eigenvalue weighted by Gasteiger charge is 2.13. The third-order valence-corrected chi connectivity index (χ3v) is 5.55. The smallest absolute Gasteiger partial charge is 0.291 e. The number of hydrogen-bond donors (Lipinski definition) is 0. The fraction of sp³-hybridized carbons (Fsp3) is 0.652. The molecule has 0 aliphatic carbocycles. The molecule has 31 heavy (non-hydrogen) atoms. The number of ether oxygens (including phenoxy) is 4. The van der Waals surface area contributed by atoms with Crippen LogP contribution in [0.3, 0.4) is 0 Å². The maximum atomic E-state index is 11.3. The third-order valence-electron chi connectivity index (χ3n) is 4.59. The molecule has 0 N–H and O–H groups in total. The third kappa shape index (κ3) is 14.3. The molecule has 1 atom stereocenters. The van der Waals surface area contributed by atoms with Gasteiger partial charge in [-0.25, -0.2) is 0 Å². The number of unbranched alkanes of at least 4 members (excludes halogenated alkanes) is 5. The Hall–Kier alpha value is -1.45. The fourth-order valence-corrected chi connectivity index (χ4v) is 3.18. The van der Waals surface area contributed by atoms with Crippen LogP contribution in [0, 0.1) is 0 Å². The lowest BCUT2D eigenvalue weighted by molar-refractivity contribution is -0.111. The van der Waals surface area contributed by atoms with Crippen molar-refractivity contribution in [3.8, 4) is 5.75 Å². The second-order valence-corrected chi connectivity index (χ2v) is 8.94. The Morgan fingerprint density at radius 3 is 2.39 bits per heavy atom. The van der Waals surface area contributed by atoms with Crippen LogP contribution in [0.25, 0.3) is 0 Å². The minimum absolute atomic E-state index is 0.217. The first-order chi connectivity index (χ1) is 15.0. The van der Waals surface area contributed by atoms with Crippen LogP contribution in [0.15, 0.2) is 36.9 Å². The Bertz CT molecular complexity index is 674. The minimum atomic E-state index is -3.69. The first-order valence-electron chi connectivity index (χ1n) is 10.9. The first-order valence-corrected chi connectivity index (χ1v) is 12.5. The molecule has 0 aliphatic heterocycles. The van der Waals surface area contributed by atoms with Crippen LogP contribution in [0.5, 0.6) is 5.75 Å². The van der Waals surface area contributed by atoms with Crippen LogP contribution in [0.4, 0.5) is 0 Å². The average molecular weight is 459 g/mol. The lowest BCUT2D eigenvalue weighted by Crippen LogP contribution is -2.29. The second kappa shape index (κ2) is 17.1. The number of rotatable bonds is 20. The standard InChI is InChI=1S/C23H38O7S/c1-4-6-7-8-9-10-11-21-12-14-22(15-13-21)29-18-23(17-27-16-5-2)30-19-28-20-31(24,25)26-3/h5,12-15,23H,2,4,6-11,16-20H2,1,3H3. The predicted octanol–water partition coefficient (Wildman–Crippen LogP) is 4.46. The van der Waals surface area contributed by atoms with Gasteiger partial charge >= 0.3 is 0 Å². The van der Waals surface area contributed by atoms with E-state index in [0.29, 0.717) is 6.61 Å². The van der Waals surface area contributed by atoms with Gasteiger partial charge in [0.05, 0.1) is 20.3 Å². The summed E-state index contributed by atoms with van der Waals surface area (Å²) in [7, 11) is -2.61. The van der Waals surface area contributed by atoms with Gasteiger partial charge < -0.3 is 18.9 Å². The van der Waals surface area contributed by atoms with E-state index in [-0.39, 0.29) is 20.0 Å². The molecule has 0 bridgehead atoms. The van der Waals surface area contributed by atoms with Crippen molar-refractivity contribution in [1.82, 2.24) is 0 Å². The van der Waals surface area contributed by atoms with Crippen LogP contribution in [0.2, 0.25) is 0 Å². The van der Waals surface area contributed by atoms with Gasteiger partial charge in [0, 0.05) is 0 Å². The zero-order valence-electron chi connectivity index (χ0n) is 18.9. The summed E-state index contributed by atoms with van der Waals surface area (Å²) < 4.78 is 48.6. The highest BCUT2D eigenvalue weighted by Crippen LogP contribution is 2.16. The maximum Gasteiger partial charge on any atom is 0.291 e. The molecule has 7 nitrogen and oxygen atoms in total. The molecule has 0 saturated carbocycles. The van der Waals surface area contributed by atoms with Crippen LogP contribution in [-0.2, 0) is 34.9 Å². The SMILES string of the molecule is C=CCOCC(COc1ccc(CCCCCCCC)cc1)OCOCS(=O)(=O)OC. The molecular weight excluding hydrogens is 420 g/mol. The van der Waals surface area contributed by atoms with Gasteiger partial charge in [-0.05, 0) is 30.5 Å². The summed E-state index contributed by atoms with van der Waals surface area (Å²) in [5.41, 5.74) is 1.30. The van der Waals surface area contributed by atoms with Gasteiger partial charge in [-0.3, -0.25) is 4.18 Å². The van der Waals surface area contributed by atoms with Gasteiger partial charge in [-0.2, -0.15) is 8.42 Å². The summed E-state index contributed by atoms with van der Waals surface area (Å²) in [4.78, 5) is 0. The van der Waals surface area contributed by atoms with Crippen molar-refractivity contribution in [1.29, 1.82) is 0 Å². The molecular formula is C23H38O7S. The molecule has 0 aromatic heterocycles. The molecule has 0 amide bonds. The molecule has 1 aromatic rings. The molecule has 1 unspecified atom stereocenters. The number of benzene rings is 1. The average Bonchev–Trinajstić information content (AvgIpc) is 2.77. The van der Waals surface area contributed by atoms with E-state index in [4.69, 9.17) is 18.9 Å². The van der Waals surface area contributed by atoms with Crippen LogP contribution in [0.1, 0.15) is 51.0 Å². The molecule has 0 saturated heterocycles. The summed E-state index contributed by atoms with van der Waals surface area (Å²) in [6, 6.07) is 8.08. The molecule has 0 radical (unpaired) electrons. The van der Waals surface area contributed by atoms with Gasteiger partial charge in [0.1, 0.15) is 25.3 Å². The summed E-state index contributed by atoms with van der Waals surface area (Å²) in [6.45, 7) is 6.51. The van der Waals surface area contributed by atoms with E-state index in [1.807, 2.05) is 12.1 Å². The molecule has 0 aliphatic rings. The minimum Gasteiger partial charge on any atom is -0.491 e. The van der Waals surface area contributed by atoms with Crippen molar-refractivity contribution >= 4 is 10.1 Å². The van der Waals surface area contributed by atoms with Crippen molar-refractivity contribution in [3.63, 3.8) is 0 Å². The highest BCUT2D eigenvalue weighted by atomic mass is 32.2. The summed E-state index contributed by atoms with van der Waals surface area (Å²) >= 11 is 0. The molecule has 178 valence electrons. The Labute approximate surface area is 187 Å². The molecule has 0 fully saturated rings. The zero-order chi connectivity index (χ0) is 22.8. The van der Waals surface area contributed by atoms with E-state index in [0.717, 1.165) is 19.3 Å². The van der Waals surface area contributed by atoms with Gasteiger partial charge in [-0.1, -0.05) is 57.2 Å². The second-order valence-electron chi connectivity index (χ2n) is 7.25. The Kier molecular flexibility index (Phi) is 15.3. The van der Waals surface area contributed by atoms with Crippen molar-refractivity contribution < 1.29 is 31.5 Å². The Balaban J connectivity index is 2.37. The van der Waals surface area contributed by atoms with Crippen LogP contribution >= 0.6 is 0 Å². The van der Waals surface area contributed by atoms with Crippen molar-refractivity contribution in [2.75, 3.05) is 39.7 Å². The summed E-state index contributed by atoms with van der Waals surface area (Å²) in [5, 5.41) is 0. The van der Waals surface area contributed by atoms with E-state index in [1.165, 1.54) is 44.1 Å². The van der Waals surface area contributed by atoms with Gasteiger partial charge in [0.25, 0.3) is 10.1 Å². The van der Waals surface area contributed by atoms with E-state index in [1.54, 1.807) is 6.08 Å². The van der Waals surface area contributed by atoms with E-state index < -0.39 is 22.2 Å². The van der Waals surface area contributed by atoms with E-state index >= 15 is 0 Å². The summed E-state index contributed by atoms with van der Waals surface area (Å²) in [5.74, 6) is 0.164. The molecule has 0 spiro atoms. The topological polar surface area (TPSA) is 80.3 Å². The lowest BCUT2D eigenvalue weighted by atomic mass is 10.0. The summed E-state index contributed by atoms with van der Waals surface area (Å²) in [6.07, 6.45) is 10.0. The lowest BCUT2D eigenvalue weighted by Gasteiger charge is -2.18. The van der Waals surface area contributed by atoms with Crippen molar-refractivity contribution in [2.45, 2.75) is 58.0 Å². The quantitative estimate of drug-likeness (QED) is 0.123. The van der Waals surface area contributed by atoms with Crippen LogP contribution in [-0.4, -0.2) is 54.2 Å². The molecule has 1 rings (SSSR count). The molecule has 0 heterocycles.